The molecule has 0 saturated carbocycles. The molecule has 1 aliphatic rings. The van der Waals surface area contributed by atoms with Crippen LogP contribution in [0, 0.1) is 5.92 Å². The van der Waals surface area contributed by atoms with Crippen LogP contribution < -0.4 is 0 Å². The number of epoxide rings is 1. The van der Waals surface area contributed by atoms with Gasteiger partial charge in [0.15, 0.2) is 0 Å². The summed E-state index contributed by atoms with van der Waals surface area (Å²) in [7, 11) is 1.40. The standard InChI is InChI=1S/C14H17BrO3/c1-9(2)14(12(16)17-4)13(3,18-14)10-7-5-6-8-11(10)15/h5-9H,1-4H3. The van der Waals surface area contributed by atoms with Crippen molar-refractivity contribution in [2.45, 2.75) is 32.0 Å². The number of esters is 1. The Morgan fingerprint density at radius 3 is 2.50 bits per heavy atom. The molecule has 98 valence electrons. The highest BCUT2D eigenvalue weighted by molar-refractivity contribution is 9.10. The first-order valence-electron chi connectivity index (χ1n) is 5.93. The number of hydrogen-bond donors (Lipinski definition) is 0. The third kappa shape index (κ3) is 1.62. The SMILES string of the molecule is COC(=O)C1(C(C)C)OC1(C)c1ccccc1Br. The highest BCUT2D eigenvalue weighted by Gasteiger charge is 2.75. The molecule has 18 heavy (non-hydrogen) atoms. The highest BCUT2D eigenvalue weighted by Crippen LogP contribution is 2.61. The van der Waals surface area contributed by atoms with Crippen molar-refractivity contribution in [1.82, 2.24) is 0 Å². The number of hydrogen-bond acceptors (Lipinski definition) is 3. The molecule has 1 fully saturated rings. The number of methoxy groups -OCH3 is 1. The smallest absolute Gasteiger partial charge is 0.341 e. The molecule has 1 heterocycles. The molecule has 1 aliphatic heterocycles. The number of carbonyl (C=O) groups is 1. The molecule has 3 nitrogen and oxygen atoms in total. The van der Waals surface area contributed by atoms with Gasteiger partial charge in [0.25, 0.3) is 0 Å². The summed E-state index contributed by atoms with van der Waals surface area (Å²) in [5.41, 5.74) is -0.538. The van der Waals surface area contributed by atoms with Crippen LogP contribution in [0.3, 0.4) is 0 Å². The summed E-state index contributed by atoms with van der Waals surface area (Å²) in [5, 5.41) is 0. The molecule has 0 radical (unpaired) electrons. The zero-order valence-corrected chi connectivity index (χ0v) is 12.6. The van der Waals surface area contributed by atoms with Crippen LogP contribution in [0.2, 0.25) is 0 Å². The normalized spacial score (nSPS) is 30.3. The van der Waals surface area contributed by atoms with E-state index in [1.54, 1.807) is 0 Å². The van der Waals surface area contributed by atoms with Gasteiger partial charge in [-0.25, -0.2) is 4.79 Å². The largest absolute Gasteiger partial charge is 0.467 e. The van der Waals surface area contributed by atoms with E-state index in [4.69, 9.17) is 9.47 Å². The van der Waals surface area contributed by atoms with Crippen LogP contribution in [0.5, 0.6) is 0 Å². The van der Waals surface area contributed by atoms with Crippen molar-refractivity contribution < 1.29 is 14.3 Å². The number of carbonyl (C=O) groups excluding carboxylic acids is 1. The van der Waals surface area contributed by atoms with E-state index in [-0.39, 0.29) is 11.9 Å². The third-order valence-corrected chi connectivity index (χ3v) is 4.41. The molecule has 1 aromatic carbocycles. The number of rotatable bonds is 3. The fourth-order valence-electron chi connectivity index (χ4n) is 2.69. The van der Waals surface area contributed by atoms with E-state index in [2.05, 4.69) is 15.9 Å². The molecule has 2 unspecified atom stereocenters. The number of benzene rings is 1. The molecule has 4 heteroatoms. The molecule has 0 bridgehead atoms. The average molecular weight is 313 g/mol. The predicted octanol–water partition coefficient (Wildman–Crippen LogP) is 3.26. The maximum absolute atomic E-state index is 12.1. The Balaban J connectivity index is 2.47. The van der Waals surface area contributed by atoms with Crippen molar-refractivity contribution in [3.05, 3.63) is 34.3 Å². The number of ether oxygens (including phenoxy) is 2. The molecule has 1 saturated heterocycles. The molecule has 0 aromatic heterocycles. The van der Waals surface area contributed by atoms with E-state index in [0.717, 1.165) is 10.0 Å². The number of halogens is 1. The third-order valence-electron chi connectivity index (χ3n) is 3.72. The maximum atomic E-state index is 12.1. The van der Waals surface area contributed by atoms with Crippen molar-refractivity contribution in [2.75, 3.05) is 7.11 Å². The fraction of sp³-hybridized carbons (Fsp3) is 0.500. The first-order chi connectivity index (χ1) is 8.40. The van der Waals surface area contributed by atoms with Crippen molar-refractivity contribution in [2.24, 2.45) is 5.92 Å². The van der Waals surface area contributed by atoms with E-state index in [0.29, 0.717) is 0 Å². The van der Waals surface area contributed by atoms with E-state index in [1.165, 1.54) is 7.11 Å². The van der Waals surface area contributed by atoms with Gasteiger partial charge in [0.2, 0.25) is 5.60 Å². The summed E-state index contributed by atoms with van der Waals surface area (Å²) in [6, 6.07) is 7.80. The summed E-state index contributed by atoms with van der Waals surface area (Å²) >= 11 is 3.51. The highest BCUT2D eigenvalue weighted by atomic mass is 79.9. The van der Waals surface area contributed by atoms with Gasteiger partial charge < -0.3 is 9.47 Å². The van der Waals surface area contributed by atoms with Gasteiger partial charge in [-0.3, -0.25) is 0 Å². The van der Waals surface area contributed by atoms with Crippen LogP contribution in [0.4, 0.5) is 0 Å². The summed E-state index contributed by atoms with van der Waals surface area (Å²) in [6.07, 6.45) is 0. The van der Waals surface area contributed by atoms with Crippen molar-refractivity contribution in [3.63, 3.8) is 0 Å². The first kappa shape index (κ1) is 13.6. The van der Waals surface area contributed by atoms with Gasteiger partial charge in [-0.2, -0.15) is 0 Å². The Bertz CT molecular complexity index is 486. The fourth-order valence-corrected chi connectivity index (χ4v) is 3.36. The van der Waals surface area contributed by atoms with Crippen molar-refractivity contribution in [1.29, 1.82) is 0 Å². The molecule has 0 spiro atoms. The van der Waals surface area contributed by atoms with E-state index < -0.39 is 11.2 Å². The van der Waals surface area contributed by atoms with Crippen LogP contribution in [-0.4, -0.2) is 18.7 Å². The molecule has 1 aromatic rings. The second-order valence-electron chi connectivity index (χ2n) is 5.00. The molecule has 0 aliphatic carbocycles. The lowest BCUT2D eigenvalue weighted by Gasteiger charge is -2.19. The Hall–Kier alpha value is -0.870. The minimum absolute atomic E-state index is 0.0436. The van der Waals surface area contributed by atoms with Gasteiger partial charge in [0, 0.05) is 10.0 Å². The molecular formula is C14H17BrO3. The summed E-state index contributed by atoms with van der Waals surface area (Å²) in [6.45, 7) is 5.88. The molecule has 0 N–H and O–H groups in total. The minimum Gasteiger partial charge on any atom is -0.467 e. The monoisotopic (exact) mass is 312 g/mol. The summed E-state index contributed by atoms with van der Waals surface area (Å²) in [4.78, 5) is 12.1. The maximum Gasteiger partial charge on any atom is 0.341 e. The molecule has 2 atom stereocenters. The van der Waals surface area contributed by atoms with E-state index in [9.17, 15) is 4.79 Å². The van der Waals surface area contributed by atoms with E-state index >= 15 is 0 Å². The molecular weight excluding hydrogens is 296 g/mol. The molecule has 2 rings (SSSR count). The lowest BCUT2D eigenvalue weighted by atomic mass is 9.80. The second-order valence-corrected chi connectivity index (χ2v) is 5.85. The quantitative estimate of drug-likeness (QED) is 0.635. The topological polar surface area (TPSA) is 38.8 Å². The summed E-state index contributed by atoms with van der Waals surface area (Å²) in [5.74, 6) is -0.266. The Morgan fingerprint density at radius 1 is 1.39 bits per heavy atom. The zero-order valence-electron chi connectivity index (χ0n) is 11.0. The Kier molecular flexibility index (Phi) is 3.28. The van der Waals surface area contributed by atoms with Gasteiger partial charge >= 0.3 is 5.97 Å². The van der Waals surface area contributed by atoms with Gasteiger partial charge in [0.05, 0.1) is 7.11 Å². The van der Waals surface area contributed by atoms with Crippen LogP contribution >= 0.6 is 15.9 Å². The van der Waals surface area contributed by atoms with Crippen molar-refractivity contribution >= 4 is 21.9 Å². The van der Waals surface area contributed by atoms with E-state index in [1.807, 2.05) is 45.0 Å². The second kappa shape index (κ2) is 4.35. The first-order valence-corrected chi connectivity index (χ1v) is 6.73. The predicted molar refractivity (Wildman–Crippen MR) is 72.2 cm³/mol. The van der Waals surface area contributed by atoms with Crippen LogP contribution in [0.1, 0.15) is 26.3 Å². The van der Waals surface area contributed by atoms with Crippen molar-refractivity contribution in [3.8, 4) is 0 Å². The van der Waals surface area contributed by atoms with Gasteiger partial charge in [0.1, 0.15) is 5.60 Å². The zero-order chi connectivity index (χ0) is 13.6. The lowest BCUT2D eigenvalue weighted by molar-refractivity contribution is -0.148. The molecule has 0 amide bonds. The lowest BCUT2D eigenvalue weighted by Crippen LogP contribution is -2.37. The Labute approximate surface area is 116 Å². The van der Waals surface area contributed by atoms with Gasteiger partial charge in [-0.1, -0.05) is 48.0 Å². The summed E-state index contributed by atoms with van der Waals surface area (Å²) < 4.78 is 11.7. The Morgan fingerprint density at radius 2 is 2.00 bits per heavy atom. The van der Waals surface area contributed by atoms with Gasteiger partial charge in [-0.05, 0) is 18.9 Å². The average Bonchev–Trinajstić information content (AvgIpc) is 2.98. The van der Waals surface area contributed by atoms with Crippen LogP contribution in [0.25, 0.3) is 0 Å². The van der Waals surface area contributed by atoms with Gasteiger partial charge in [-0.15, -0.1) is 0 Å². The van der Waals surface area contributed by atoms with Crippen LogP contribution in [-0.2, 0) is 19.9 Å². The van der Waals surface area contributed by atoms with Crippen LogP contribution in [0.15, 0.2) is 28.7 Å². The minimum atomic E-state index is -0.883.